The zero-order valence-corrected chi connectivity index (χ0v) is 13.8. The van der Waals surface area contributed by atoms with Crippen LogP contribution in [0.25, 0.3) is 0 Å². The fraction of sp³-hybridized carbons (Fsp3) is 0.438. The van der Waals surface area contributed by atoms with E-state index in [0.29, 0.717) is 37.2 Å². The van der Waals surface area contributed by atoms with Gasteiger partial charge in [0, 0.05) is 30.8 Å². The Labute approximate surface area is 141 Å². The van der Waals surface area contributed by atoms with Gasteiger partial charge >= 0.3 is 5.97 Å². The lowest BCUT2D eigenvalue weighted by molar-refractivity contribution is -0.141. The van der Waals surface area contributed by atoms with Gasteiger partial charge in [0.25, 0.3) is 0 Å². The van der Waals surface area contributed by atoms with Crippen molar-refractivity contribution in [3.63, 3.8) is 0 Å². The highest BCUT2D eigenvalue weighted by Gasteiger charge is 2.27. The van der Waals surface area contributed by atoms with Crippen molar-refractivity contribution in [2.75, 3.05) is 25.0 Å². The van der Waals surface area contributed by atoms with Crippen molar-refractivity contribution in [1.29, 1.82) is 0 Å². The number of carbonyl (C=O) groups is 3. The molecule has 1 fully saturated rings. The number of benzene rings is 1. The topological polar surface area (TPSA) is 86.7 Å². The molecule has 7 heteroatoms. The summed E-state index contributed by atoms with van der Waals surface area (Å²) in [5.74, 6) is -1.21. The third-order valence-corrected chi connectivity index (χ3v) is 3.85. The highest BCUT2D eigenvalue weighted by molar-refractivity contribution is 5.95. The van der Waals surface area contributed by atoms with E-state index in [0.717, 1.165) is 6.54 Å². The van der Waals surface area contributed by atoms with E-state index in [1.54, 1.807) is 24.3 Å². The van der Waals surface area contributed by atoms with Crippen LogP contribution in [0.4, 0.5) is 5.69 Å². The van der Waals surface area contributed by atoms with E-state index >= 15 is 0 Å². The van der Waals surface area contributed by atoms with Crippen molar-refractivity contribution in [1.82, 2.24) is 4.90 Å². The lowest BCUT2D eigenvalue weighted by Gasteiger charge is -2.14. The molecule has 0 saturated carbocycles. The molecule has 23 heavy (non-hydrogen) atoms. The zero-order chi connectivity index (χ0) is 16.1. The zero-order valence-electron chi connectivity index (χ0n) is 12.9. The van der Waals surface area contributed by atoms with Gasteiger partial charge in [-0.25, -0.2) is 0 Å². The van der Waals surface area contributed by atoms with Crippen LogP contribution in [0.2, 0.25) is 0 Å². The van der Waals surface area contributed by atoms with Gasteiger partial charge in [-0.15, -0.1) is 12.4 Å². The predicted molar refractivity (Wildman–Crippen MR) is 89.1 cm³/mol. The van der Waals surface area contributed by atoms with Crippen LogP contribution in [0.1, 0.15) is 30.1 Å². The molecule has 0 aliphatic carbocycles. The summed E-state index contributed by atoms with van der Waals surface area (Å²) in [6, 6.07) is 6.75. The lowest BCUT2D eigenvalue weighted by Crippen LogP contribution is -2.27. The number of likely N-dealkylation sites (tertiary alicyclic amines) is 1. The number of carboxylic acids is 1. The largest absolute Gasteiger partial charge is 0.481 e. The van der Waals surface area contributed by atoms with E-state index in [1.165, 1.54) is 6.92 Å². The molecule has 1 aromatic rings. The Morgan fingerprint density at radius 3 is 2.43 bits per heavy atom. The number of hydrogen-bond acceptors (Lipinski definition) is 4. The number of nitrogens with zero attached hydrogens (tertiary/aromatic N) is 1. The van der Waals surface area contributed by atoms with E-state index in [1.807, 2.05) is 4.90 Å². The van der Waals surface area contributed by atoms with Gasteiger partial charge in [0.15, 0.2) is 5.78 Å². The molecule has 1 aliphatic rings. The van der Waals surface area contributed by atoms with Crippen molar-refractivity contribution in [3.05, 3.63) is 29.8 Å². The van der Waals surface area contributed by atoms with Gasteiger partial charge in [-0.1, -0.05) is 0 Å². The van der Waals surface area contributed by atoms with E-state index in [9.17, 15) is 14.4 Å². The van der Waals surface area contributed by atoms with Crippen LogP contribution in [-0.4, -0.2) is 47.3 Å². The first-order valence-electron chi connectivity index (χ1n) is 7.31. The van der Waals surface area contributed by atoms with E-state index in [4.69, 9.17) is 5.11 Å². The molecule has 1 heterocycles. The number of amides is 1. The average Bonchev–Trinajstić information content (AvgIpc) is 2.95. The summed E-state index contributed by atoms with van der Waals surface area (Å²) in [5.41, 5.74) is 1.26. The Morgan fingerprint density at radius 2 is 1.91 bits per heavy atom. The first-order valence-corrected chi connectivity index (χ1v) is 7.31. The highest BCUT2D eigenvalue weighted by atomic mass is 35.5. The van der Waals surface area contributed by atoms with Gasteiger partial charge in [-0.2, -0.15) is 0 Å². The Bertz CT molecular complexity index is 574. The predicted octanol–water partition coefficient (Wildman–Crippen LogP) is 2.05. The molecule has 1 aromatic carbocycles. The molecule has 0 spiro atoms. The maximum Gasteiger partial charge on any atom is 0.307 e. The smallest absolute Gasteiger partial charge is 0.307 e. The Morgan fingerprint density at radius 1 is 1.26 bits per heavy atom. The third kappa shape index (κ3) is 5.65. The molecule has 0 aromatic heterocycles. The van der Waals surface area contributed by atoms with Crippen LogP contribution < -0.4 is 5.32 Å². The summed E-state index contributed by atoms with van der Waals surface area (Å²) >= 11 is 0. The fourth-order valence-corrected chi connectivity index (χ4v) is 2.51. The maximum absolute atomic E-state index is 11.9. The molecule has 1 saturated heterocycles. The van der Waals surface area contributed by atoms with Gasteiger partial charge < -0.3 is 15.3 Å². The minimum absolute atomic E-state index is 0. The van der Waals surface area contributed by atoms with Crippen molar-refractivity contribution >= 4 is 35.8 Å². The van der Waals surface area contributed by atoms with Crippen molar-refractivity contribution in [3.8, 4) is 0 Å². The molecular weight excluding hydrogens is 320 g/mol. The average molecular weight is 341 g/mol. The number of anilines is 1. The molecule has 0 bridgehead atoms. The monoisotopic (exact) mass is 340 g/mol. The van der Waals surface area contributed by atoms with Crippen LogP contribution in [0.15, 0.2) is 24.3 Å². The maximum atomic E-state index is 11.9. The summed E-state index contributed by atoms with van der Waals surface area (Å²) in [6.45, 7) is 3.28. The van der Waals surface area contributed by atoms with Gasteiger partial charge in [0.05, 0.1) is 5.92 Å². The second-order valence-corrected chi connectivity index (χ2v) is 5.56. The van der Waals surface area contributed by atoms with E-state index < -0.39 is 5.97 Å². The Hall–Kier alpha value is -1.92. The lowest BCUT2D eigenvalue weighted by atomic mass is 10.1. The highest BCUT2D eigenvalue weighted by Crippen LogP contribution is 2.16. The van der Waals surface area contributed by atoms with E-state index in [2.05, 4.69) is 5.32 Å². The molecule has 2 rings (SSSR count). The number of carbonyl (C=O) groups excluding carboxylic acids is 2. The summed E-state index contributed by atoms with van der Waals surface area (Å²) in [5, 5.41) is 11.7. The molecule has 1 amide bonds. The standard InChI is InChI=1S/C16H20N2O4.ClH/c1-11(19)12-2-4-14(5-3-12)17-15(20)7-9-18-8-6-13(10-18)16(21)22;/h2-5,13H,6-10H2,1H3,(H,17,20)(H,21,22);1H. The van der Waals surface area contributed by atoms with Gasteiger partial charge in [-0.3, -0.25) is 14.4 Å². The molecule has 6 nitrogen and oxygen atoms in total. The third-order valence-electron chi connectivity index (χ3n) is 3.85. The first-order chi connectivity index (χ1) is 10.5. The van der Waals surface area contributed by atoms with Gasteiger partial charge in [0.2, 0.25) is 5.91 Å². The normalized spacial score (nSPS) is 17.3. The number of hydrogen-bond donors (Lipinski definition) is 2. The van der Waals surface area contributed by atoms with Crippen LogP contribution in [0, 0.1) is 5.92 Å². The second kappa shape index (κ2) is 8.64. The number of ketones is 1. The second-order valence-electron chi connectivity index (χ2n) is 5.56. The molecular formula is C16H21ClN2O4. The quantitative estimate of drug-likeness (QED) is 0.774. The van der Waals surface area contributed by atoms with Crippen molar-refractivity contribution in [2.24, 2.45) is 5.92 Å². The fourth-order valence-electron chi connectivity index (χ4n) is 2.51. The Kier molecular flexibility index (Phi) is 7.19. The van der Waals surface area contributed by atoms with Gasteiger partial charge in [0.1, 0.15) is 0 Å². The van der Waals surface area contributed by atoms with Crippen LogP contribution in [0.3, 0.4) is 0 Å². The van der Waals surface area contributed by atoms with Crippen molar-refractivity contribution < 1.29 is 19.5 Å². The Balaban J connectivity index is 0.00000264. The van der Waals surface area contributed by atoms with Crippen LogP contribution in [0.5, 0.6) is 0 Å². The summed E-state index contributed by atoms with van der Waals surface area (Å²) < 4.78 is 0. The SMILES string of the molecule is CC(=O)c1ccc(NC(=O)CCN2CCC(C(=O)O)C2)cc1.Cl. The van der Waals surface area contributed by atoms with Crippen LogP contribution in [-0.2, 0) is 9.59 Å². The van der Waals surface area contributed by atoms with Crippen molar-refractivity contribution in [2.45, 2.75) is 19.8 Å². The number of carboxylic acid groups (broad SMARTS) is 1. The minimum atomic E-state index is -0.766. The number of aliphatic carboxylic acids is 1. The van der Waals surface area contributed by atoms with Crippen LogP contribution >= 0.6 is 12.4 Å². The molecule has 1 aliphatic heterocycles. The number of rotatable bonds is 6. The molecule has 126 valence electrons. The number of halogens is 1. The summed E-state index contributed by atoms with van der Waals surface area (Å²) in [7, 11) is 0. The number of nitrogens with one attached hydrogen (secondary N) is 1. The molecule has 1 unspecified atom stereocenters. The minimum Gasteiger partial charge on any atom is -0.481 e. The molecule has 1 atom stereocenters. The molecule has 2 N–H and O–H groups in total. The summed E-state index contributed by atoms with van der Waals surface area (Å²) in [4.78, 5) is 35.9. The first kappa shape index (κ1) is 19.1. The molecule has 0 radical (unpaired) electrons. The number of Topliss-reactive ketones (excluding diaryl/α,β-unsaturated/α-hetero) is 1. The summed E-state index contributed by atoms with van der Waals surface area (Å²) in [6.07, 6.45) is 0.963. The van der Waals surface area contributed by atoms with Gasteiger partial charge in [-0.05, 0) is 44.2 Å². The van der Waals surface area contributed by atoms with E-state index in [-0.39, 0.29) is 30.0 Å².